The third-order valence-electron chi connectivity index (χ3n) is 4.55. The van der Waals surface area contributed by atoms with Crippen LogP contribution in [0.2, 0.25) is 0 Å². The summed E-state index contributed by atoms with van der Waals surface area (Å²) in [5.41, 5.74) is 6.99. The van der Waals surface area contributed by atoms with E-state index in [4.69, 9.17) is 5.73 Å². The lowest BCUT2D eigenvalue weighted by molar-refractivity contribution is -0.140. The van der Waals surface area contributed by atoms with Crippen molar-refractivity contribution in [3.8, 4) is 11.1 Å². The van der Waals surface area contributed by atoms with Gasteiger partial charge >= 0.3 is 0 Å². The van der Waals surface area contributed by atoms with Gasteiger partial charge in [0, 0.05) is 24.5 Å². The standard InChI is InChI=1S/C19H21N3O3/c1-13-4-2-5-14(8-13)15-9-16(11-21-10-15)17(23)22-7-3-6-19(25,12-22)18(20)24/h2,4-5,8-11,25H,3,6-7,12H2,1H3,(H2,20,24)/t19-/m0/s1. The number of hydrogen-bond donors (Lipinski definition) is 2. The van der Waals surface area contributed by atoms with Gasteiger partial charge in [0.1, 0.15) is 0 Å². The molecule has 6 heteroatoms. The molecule has 3 N–H and O–H groups in total. The number of carbonyl (C=O) groups is 2. The summed E-state index contributed by atoms with van der Waals surface area (Å²) in [6, 6.07) is 9.73. The van der Waals surface area contributed by atoms with Crippen molar-refractivity contribution in [2.24, 2.45) is 5.73 Å². The number of nitrogens with zero attached hydrogens (tertiary/aromatic N) is 2. The zero-order valence-electron chi connectivity index (χ0n) is 14.1. The van der Waals surface area contributed by atoms with E-state index < -0.39 is 11.5 Å². The Morgan fingerprint density at radius 2 is 2.04 bits per heavy atom. The van der Waals surface area contributed by atoms with Gasteiger partial charge in [0.25, 0.3) is 11.8 Å². The van der Waals surface area contributed by atoms with Crippen LogP contribution >= 0.6 is 0 Å². The van der Waals surface area contributed by atoms with E-state index in [2.05, 4.69) is 4.98 Å². The molecule has 1 aromatic carbocycles. The van der Waals surface area contributed by atoms with Crippen LogP contribution in [0.4, 0.5) is 0 Å². The smallest absolute Gasteiger partial charge is 0.255 e. The van der Waals surface area contributed by atoms with Gasteiger partial charge in [-0.2, -0.15) is 0 Å². The number of piperidine rings is 1. The maximum Gasteiger partial charge on any atom is 0.255 e. The zero-order valence-corrected chi connectivity index (χ0v) is 14.1. The molecule has 0 spiro atoms. The fourth-order valence-electron chi connectivity index (χ4n) is 3.13. The Kier molecular flexibility index (Phi) is 4.55. The SMILES string of the molecule is Cc1cccc(-c2cncc(C(=O)N3CCC[C@@](O)(C(N)=O)C3)c2)c1. The summed E-state index contributed by atoms with van der Waals surface area (Å²) in [5.74, 6) is -1.06. The van der Waals surface area contributed by atoms with E-state index in [9.17, 15) is 14.7 Å². The summed E-state index contributed by atoms with van der Waals surface area (Å²) in [6.45, 7) is 2.39. The summed E-state index contributed by atoms with van der Waals surface area (Å²) >= 11 is 0. The maximum atomic E-state index is 12.8. The molecular formula is C19H21N3O3. The van der Waals surface area contributed by atoms with Crippen molar-refractivity contribution in [1.29, 1.82) is 0 Å². The van der Waals surface area contributed by atoms with Crippen molar-refractivity contribution in [2.75, 3.05) is 13.1 Å². The lowest BCUT2D eigenvalue weighted by Crippen LogP contribution is -2.57. The average molecular weight is 339 g/mol. The van der Waals surface area contributed by atoms with E-state index in [0.29, 0.717) is 18.5 Å². The number of hydrogen-bond acceptors (Lipinski definition) is 4. The van der Waals surface area contributed by atoms with E-state index in [1.54, 1.807) is 12.3 Å². The Morgan fingerprint density at radius 1 is 1.24 bits per heavy atom. The van der Waals surface area contributed by atoms with Crippen molar-refractivity contribution in [1.82, 2.24) is 9.88 Å². The van der Waals surface area contributed by atoms with Crippen molar-refractivity contribution < 1.29 is 14.7 Å². The molecule has 0 bridgehead atoms. The van der Waals surface area contributed by atoms with Crippen LogP contribution in [0.5, 0.6) is 0 Å². The number of benzene rings is 1. The van der Waals surface area contributed by atoms with Gasteiger partial charge in [-0.3, -0.25) is 14.6 Å². The van der Waals surface area contributed by atoms with Crippen molar-refractivity contribution in [3.63, 3.8) is 0 Å². The normalized spacial score (nSPS) is 20.3. The average Bonchev–Trinajstić information content (AvgIpc) is 2.61. The molecule has 1 saturated heterocycles. The number of pyridine rings is 1. The van der Waals surface area contributed by atoms with Crippen LogP contribution in [0.15, 0.2) is 42.7 Å². The van der Waals surface area contributed by atoms with Crippen LogP contribution in [0.25, 0.3) is 11.1 Å². The summed E-state index contributed by atoms with van der Waals surface area (Å²) in [4.78, 5) is 29.9. The highest BCUT2D eigenvalue weighted by Crippen LogP contribution is 2.24. The number of primary amides is 1. The lowest BCUT2D eigenvalue weighted by Gasteiger charge is -2.37. The monoisotopic (exact) mass is 339 g/mol. The molecule has 0 aliphatic carbocycles. The van der Waals surface area contributed by atoms with Crippen LogP contribution in [0.3, 0.4) is 0 Å². The highest BCUT2D eigenvalue weighted by atomic mass is 16.3. The fraction of sp³-hybridized carbons (Fsp3) is 0.316. The van der Waals surface area contributed by atoms with E-state index in [-0.39, 0.29) is 18.9 Å². The molecule has 0 saturated carbocycles. The Labute approximate surface area is 146 Å². The number of aliphatic hydroxyl groups is 1. The van der Waals surface area contributed by atoms with Crippen molar-refractivity contribution in [2.45, 2.75) is 25.4 Å². The molecule has 2 heterocycles. The van der Waals surface area contributed by atoms with Gasteiger partial charge in [0.15, 0.2) is 5.60 Å². The molecule has 1 aromatic heterocycles. The van der Waals surface area contributed by atoms with E-state index >= 15 is 0 Å². The molecular weight excluding hydrogens is 318 g/mol. The number of nitrogens with two attached hydrogens (primary N) is 1. The first-order valence-corrected chi connectivity index (χ1v) is 8.23. The summed E-state index contributed by atoms with van der Waals surface area (Å²) in [6.07, 6.45) is 4.00. The van der Waals surface area contributed by atoms with Gasteiger partial charge in [-0.1, -0.05) is 29.8 Å². The third-order valence-corrected chi connectivity index (χ3v) is 4.55. The molecule has 1 fully saturated rings. The van der Waals surface area contributed by atoms with E-state index in [1.165, 1.54) is 11.1 Å². The van der Waals surface area contributed by atoms with Crippen LogP contribution in [0.1, 0.15) is 28.8 Å². The zero-order chi connectivity index (χ0) is 18.0. The van der Waals surface area contributed by atoms with Gasteiger partial charge in [-0.15, -0.1) is 0 Å². The molecule has 130 valence electrons. The largest absolute Gasteiger partial charge is 0.378 e. The second kappa shape index (κ2) is 6.64. The molecule has 1 aliphatic rings. The molecule has 0 radical (unpaired) electrons. The van der Waals surface area contributed by atoms with E-state index in [0.717, 1.165) is 16.7 Å². The number of aromatic nitrogens is 1. The third kappa shape index (κ3) is 3.53. The Hall–Kier alpha value is -2.73. The minimum Gasteiger partial charge on any atom is -0.378 e. The molecule has 2 aromatic rings. The van der Waals surface area contributed by atoms with Gasteiger partial charge in [0.05, 0.1) is 12.1 Å². The molecule has 2 amide bonds. The summed E-state index contributed by atoms with van der Waals surface area (Å²) < 4.78 is 0. The van der Waals surface area contributed by atoms with Gasteiger partial charge in [-0.25, -0.2) is 0 Å². The number of rotatable bonds is 3. The molecule has 0 unspecified atom stereocenters. The van der Waals surface area contributed by atoms with E-state index in [1.807, 2.05) is 31.2 Å². The molecule has 3 rings (SSSR count). The van der Waals surface area contributed by atoms with Crippen LogP contribution in [0, 0.1) is 6.92 Å². The van der Waals surface area contributed by atoms with Crippen LogP contribution < -0.4 is 5.73 Å². The van der Waals surface area contributed by atoms with Crippen molar-refractivity contribution >= 4 is 11.8 Å². The fourth-order valence-corrected chi connectivity index (χ4v) is 3.13. The number of likely N-dealkylation sites (tertiary alicyclic amines) is 1. The van der Waals surface area contributed by atoms with Gasteiger partial charge in [0.2, 0.25) is 0 Å². The van der Waals surface area contributed by atoms with Gasteiger partial charge in [-0.05, 0) is 31.4 Å². The first-order valence-electron chi connectivity index (χ1n) is 8.23. The Balaban J connectivity index is 1.86. The first-order chi connectivity index (χ1) is 11.9. The second-order valence-corrected chi connectivity index (χ2v) is 6.56. The highest BCUT2D eigenvalue weighted by Gasteiger charge is 2.40. The number of β-amino-alcohol motifs (C(OH)–C–C–N with tert-alkyl or cyclic N) is 1. The Bertz CT molecular complexity index is 821. The maximum absolute atomic E-state index is 12.8. The van der Waals surface area contributed by atoms with Crippen molar-refractivity contribution in [3.05, 3.63) is 53.9 Å². The molecule has 25 heavy (non-hydrogen) atoms. The summed E-state index contributed by atoms with van der Waals surface area (Å²) in [5, 5.41) is 10.3. The Morgan fingerprint density at radius 3 is 2.76 bits per heavy atom. The number of amides is 2. The minimum atomic E-state index is -1.66. The molecule has 1 atom stereocenters. The number of carbonyl (C=O) groups excluding carboxylic acids is 2. The first kappa shape index (κ1) is 17.1. The lowest BCUT2D eigenvalue weighted by atomic mass is 9.92. The second-order valence-electron chi connectivity index (χ2n) is 6.56. The molecule has 6 nitrogen and oxygen atoms in total. The minimum absolute atomic E-state index is 0.0875. The van der Waals surface area contributed by atoms with Gasteiger partial charge < -0.3 is 15.7 Å². The summed E-state index contributed by atoms with van der Waals surface area (Å²) in [7, 11) is 0. The highest BCUT2D eigenvalue weighted by molar-refractivity contribution is 5.96. The molecule has 1 aliphatic heterocycles. The predicted molar refractivity (Wildman–Crippen MR) is 93.7 cm³/mol. The van der Waals surface area contributed by atoms with Crippen LogP contribution in [-0.2, 0) is 4.79 Å². The number of aryl methyl sites for hydroxylation is 1. The topological polar surface area (TPSA) is 96.5 Å². The predicted octanol–water partition coefficient (Wildman–Crippen LogP) is 1.51. The quantitative estimate of drug-likeness (QED) is 0.886. The van der Waals surface area contributed by atoms with Crippen LogP contribution in [-0.4, -0.2) is 45.5 Å².